The molecule has 0 aromatic heterocycles. The highest BCUT2D eigenvalue weighted by molar-refractivity contribution is 7.38. The van der Waals surface area contributed by atoms with Gasteiger partial charge >= 0.3 is 0 Å². The van der Waals surface area contributed by atoms with Crippen LogP contribution in [0, 0.1) is 0 Å². The van der Waals surface area contributed by atoms with Crippen molar-refractivity contribution in [1.29, 1.82) is 0 Å². The molecule has 1 rings (SSSR count). The van der Waals surface area contributed by atoms with Crippen LogP contribution < -0.4 is 0 Å². The normalized spacial score (nSPS) is 32.1. The zero-order chi connectivity index (χ0) is 10.3. The van der Waals surface area contributed by atoms with Gasteiger partial charge in [-0.1, -0.05) is 19.1 Å². The monoisotopic (exact) mass is 256 g/mol. The summed E-state index contributed by atoms with van der Waals surface area (Å²) in [6.07, 6.45) is 1.14. The first-order valence-corrected chi connectivity index (χ1v) is 12.7. The second-order valence-corrected chi connectivity index (χ2v) is 21.3. The maximum absolute atomic E-state index is 6.09. The van der Waals surface area contributed by atoms with E-state index in [2.05, 4.69) is 26.2 Å². The average molecular weight is 257 g/mol. The molecule has 0 N–H and O–H groups in total. The number of halogens is 2. The second kappa shape index (κ2) is 3.85. The van der Waals surface area contributed by atoms with E-state index < -0.39 is 15.4 Å². The molecule has 5 heteroatoms. The zero-order valence-corrected chi connectivity index (χ0v) is 12.2. The third-order valence-corrected chi connectivity index (χ3v) is 20.5. The predicted molar refractivity (Wildman–Crippen MR) is 64.8 cm³/mol. The van der Waals surface area contributed by atoms with Crippen LogP contribution in [0.2, 0.25) is 32.2 Å². The molecule has 1 aliphatic heterocycles. The van der Waals surface area contributed by atoms with Crippen molar-refractivity contribution in [1.82, 2.24) is 0 Å². The third kappa shape index (κ3) is 2.51. The van der Waals surface area contributed by atoms with Crippen molar-refractivity contribution in [2.24, 2.45) is 0 Å². The van der Waals surface area contributed by atoms with Gasteiger partial charge in [0.1, 0.15) is 4.84 Å². The molecule has 1 fully saturated rings. The minimum atomic E-state index is -1.47. The molecule has 0 aromatic carbocycles. The lowest BCUT2D eigenvalue weighted by molar-refractivity contribution is 0.200. The Labute approximate surface area is 92.7 Å². The Kier molecular flexibility index (Phi) is 3.57. The Hall–Kier alpha value is 0.974. The van der Waals surface area contributed by atoms with Gasteiger partial charge in [-0.05, 0) is 19.5 Å². The summed E-state index contributed by atoms with van der Waals surface area (Å²) in [4.78, 5) is -0.350. The minimum absolute atomic E-state index is 0.0884. The van der Waals surface area contributed by atoms with Gasteiger partial charge in [-0.15, -0.1) is 23.2 Å². The Morgan fingerprint density at radius 3 is 2.15 bits per heavy atom. The van der Waals surface area contributed by atoms with Crippen LogP contribution >= 0.6 is 23.2 Å². The number of hydrogen-bond donors (Lipinski definition) is 0. The smallest absolute Gasteiger partial charge is 0.174 e. The summed E-state index contributed by atoms with van der Waals surface area (Å²) in [5.74, 6) is 0. The van der Waals surface area contributed by atoms with Crippen LogP contribution in [0.1, 0.15) is 6.42 Å². The van der Waals surface area contributed by atoms with E-state index in [9.17, 15) is 0 Å². The molecule has 1 unspecified atom stereocenters. The van der Waals surface area contributed by atoms with Crippen molar-refractivity contribution in [3.63, 3.8) is 0 Å². The highest BCUT2D eigenvalue weighted by atomic mass is 35.5. The molecule has 1 saturated heterocycles. The van der Waals surface area contributed by atoms with Gasteiger partial charge in [-0.2, -0.15) is 0 Å². The van der Waals surface area contributed by atoms with Crippen molar-refractivity contribution in [2.45, 2.75) is 49.6 Å². The maximum Gasteiger partial charge on any atom is 0.174 e. The van der Waals surface area contributed by atoms with E-state index in [1.54, 1.807) is 0 Å². The summed E-state index contributed by atoms with van der Waals surface area (Å²) in [6, 6.07) is 1.31. The average Bonchev–Trinajstić information content (AvgIpc) is 1.94. The molecule has 1 heterocycles. The van der Waals surface area contributed by atoms with E-state index in [1.807, 2.05) is 0 Å². The molecule has 0 spiro atoms. The van der Waals surface area contributed by atoms with Crippen LogP contribution in [0.4, 0.5) is 0 Å². The van der Waals surface area contributed by atoms with Gasteiger partial charge in [-0.25, -0.2) is 0 Å². The van der Waals surface area contributed by atoms with Crippen LogP contribution in [0.25, 0.3) is 0 Å². The van der Waals surface area contributed by atoms with Crippen LogP contribution in [0.3, 0.4) is 0 Å². The van der Waals surface area contributed by atoms with Gasteiger partial charge in [-0.3, -0.25) is 0 Å². The molecule has 1 atom stereocenters. The van der Waals surface area contributed by atoms with Crippen molar-refractivity contribution in [2.75, 3.05) is 0 Å². The van der Waals surface area contributed by atoms with E-state index in [0.717, 1.165) is 6.42 Å². The SMILES string of the molecule is C[Si]1(C)CCC(C(Cl)Cl)O[Si]1(C)C. The molecule has 0 aromatic rings. The van der Waals surface area contributed by atoms with Crippen molar-refractivity contribution >= 4 is 38.6 Å². The molecule has 1 nitrogen and oxygen atoms in total. The van der Waals surface area contributed by atoms with Gasteiger partial charge in [0.25, 0.3) is 0 Å². The highest BCUT2D eigenvalue weighted by Crippen LogP contribution is 2.36. The summed E-state index contributed by atoms with van der Waals surface area (Å²) in [5, 5.41) is 0. The molecular formula is C8H18Cl2OSi2. The Morgan fingerprint density at radius 2 is 1.77 bits per heavy atom. The Bertz CT molecular complexity index is 195. The second-order valence-electron chi connectivity index (χ2n) is 4.92. The lowest BCUT2D eigenvalue weighted by atomic mass is 10.3. The van der Waals surface area contributed by atoms with Gasteiger partial charge in [0.05, 0.1) is 13.7 Å². The molecule has 78 valence electrons. The van der Waals surface area contributed by atoms with E-state index >= 15 is 0 Å². The van der Waals surface area contributed by atoms with E-state index in [4.69, 9.17) is 27.6 Å². The van der Waals surface area contributed by atoms with Crippen LogP contribution in [0.15, 0.2) is 0 Å². The topological polar surface area (TPSA) is 9.23 Å². The Balaban J connectivity index is 2.71. The van der Waals surface area contributed by atoms with Crippen LogP contribution in [-0.2, 0) is 4.43 Å². The van der Waals surface area contributed by atoms with Gasteiger partial charge < -0.3 is 4.43 Å². The van der Waals surface area contributed by atoms with Gasteiger partial charge in [0.15, 0.2) is 7.83 Å². The van der Waals surface area contributed by atoms with Crippen LogP contribution in [-0.4, -0.2) is 26.4 Å². The molecule has 0 aliphatic carbocycles. The summed E-state index contributed by atoms with van der Waals surface area (Å²) in [7, 11) is -2.58. The van der Waals surface area contributed by atoms with E-state index in [1.165, 1.54) is 6.04 Å². The largest absolute Gasteiger partial charge is 0.414 e. The molecule has 13 heavy (non-hydrogen) atoms. The summed E-state index contributed by atoms with van der Waals surface area (Å²) < 4.78 is 6.09. The van der Waals surface area contributed by atoms with Crippen molar-refractivity contribution < 1.29 is 4.43 Å². The molecule has 0 amide bonds. The van der Waals surface area contributed by atoms with Gasteiger partial charge in [0.2, 0.25) is 0 Å². The summed E-state index contributed by atoms with van der Waals surface area (Å²) in [6.45, 7) is 9.46. The number of alkyl halides is 2. The van der Waals surface area contributed by atoms with Crippen molar-refractivity contribution in [3.8, 4) is 0 Å². The highest BCUT2D eigenvalue weighted by Gasteiger charge is 2.48. The quantitative estimate of drug-likeness (QED) is 0.515. The molecular weight excluding hydrogens is 239 g/mol. The van der Waals surface area contributed by atoms with Crippen molar-refractivity contribution in [3.05, 3.63) is 0 Å². The van der Waals surface area contributed by atoms with E-state index in [0.29, 0.717) is 0 Å². The minimum Gasteiger partial charge on any atom is -0.414 e. The number of rotatable bonds is 1. The molecule has 1 aliphatic rings. The third-order valence-electron chi connectivity index (χ3n) is 3.41. The molecule has 0 radical (unpaired) electrons. The molecule has 0 saturated carbocycles. The van der Waals surface area contributed by atoms with Gasteiger partial charge in [0, 0.05) is 0 Å². The first-order valence-electron chi connectivity index (χ1n) is 4.72. The Morgan fingerprint density at radius 1 is 1.23 bits per heavy atom. The fraction of sp³-hybridized carbons (Fsp3) is 1.00. The first-order chi connectivity index (χ1) is 5.76. The predicted octanol–water partition coefficient (Wildman–Crippen LogP) is 3.57. The number of hydrogen-bond acceptors (Lipinski definition) is 1. The fourth-order valence-corrected chi connectivity index (χ4v) is 8.69. The standard InChI is InChI=1S/C8H18Cl2OSi2/c1-12(2)6-5-7(8(9)10)11-13(12,3)4/h7-8H,5-6H2,1-4H3. The summed E-state index contributed by atoms with van der Waals surface area (Å²) >= 11 is 11.7. The lowest BCUT2D eigenvalue weighted by Crippen LogP contribution is -2.62. The lowest BCUT2D eigenvalue weighted by Gasteiger charge is -2.46. The maximum atomic E-state index is 6.09. The van der Waals surface area contributed by atoms with Crippen LogP contribution in [0.5, 0.6) is 0 Å². The first kappa shape index (κ1) is 12.0. The summed E-state index contributed by atoms with van der Waals surface area (Å²) in [5.41, 5.74) is 0. The molecule has 0 bridgehead atoms. The zero-order valence-electron chi connectivity index (χ0n) is 8.73. The van der Waals surface area contributed by atoms with E-state index in [-0.39, 0.29) is 10.9 Å². The fourth-order valence-electron chi connectivity index (χ4n) is 1.58.